The van der Waals surface area contributed by atoms with Gasteiger partial charge in [-0.25, -0.2) is 14.6 Å². The molecule has 0 aliphatic carbocycles. The van der Waals surface area contributed by atoms with Crippen LogP contribution in [0.25, 0.3) is 11.3 Å². The number of piperidine rings is 1. The molecule has 0 amide bonds. The molecular weight excluding hydrogens is 450 g/mol. The van der Waals surface area contributed by atoms with Gasteiger partial charge in [-0.2, -0.15) is 0 Å². The molecule has 8 nitrogen and oxygen atoms in total. The predicted molar refractivity (Wildman–Crippen MR) is 134 cm³/mol. The molecule has 1 aliphatic rings. The summed E-state index contributed by atoms with van der Waals surface area (Å²) in [5.74, 6) is -0.300. The van der Waals surface area contributed by atoms with E-state index < -0.39 is 20.3 Å². The smallest absolute Gasteiger partial charge is 0.341 e. The van der Waals surface area contributed by atoms with Crippen LogP contribution in [-0.4, -0.2) is 63.6 Å². The molecule has 1 fully saturated rings. The molecule has 184 valence electrons. The first-order chi connectivity index (χ1) is 16.0. The standard InChI is InChI=1S/C25H35N3O5Si/c1-25(2,3)34(6,7)33-19-10-12-28(13-11-19)22-20(24(30)32-5)14-18(16-27-22)21-9-8-17(15-26-21)23(29)31-4/h8-9,14-16,19H,10-13H2,1-7H3. The number of esters is 2. The third kappa shape index (κ3) is 5.64. The highest BCUT2D eigenvalue weighted by Gasteiger charge is 2.40. The van der Waals surface area contributed by atoms with Crippen LogP contribution in [-0.2, 0) is 13.9 Å². The lowest BCUT2D eigenvalue weighted by Gasteiger charge is -2.42. The molecule has 0 N–H and O–H groups in total. The average Bonchev–Trinajstić information content (AvgIpc) is 2.82. The number of anilines is 1. The fourth-order valence-corrected chi connectivity index (χ4v) is 5.11. The number of methoxy groups -OCH3 is 2. The number of hydrogen-bond acceptors (Lipinski definition) is 8. The second-order valence-electron chi connectivity index (χ2n) is 10.1. The monoisotopic (exact) mass is 485 g/mol. The van der Waals surface area contributed by atoms with E-state index in [0.717, 1.165) is 25.9 Å². The van der Waals surface area contributed by atoms with Crippen molar-refractivity contribution in [2.75, 3.05) is 32.2 Å². The van der Waals surface area contributed by atoms with E-state index in [1.165, 1.54) is 20.4 Å². The Labute approximate surface area is 202 Å². The number of carbonyl (C=O) groups is 2. The van der Waals surface area contributed by atoms with Gasteiger partial charge in [0, 0.05) is 37.2 Å². The van der Waals surface area contributed by atoms with Gasteiger partial charge in [0.05, 0.1) is 25.5 Å². The summed E-state index contributed by atoms with van der Waals surface area (Å²) < 4.78 is 16.4. The summed E-state index contributed by atoms with van der Waals surface area (Å²) in [7, 11) is 0.855. The zero-order valence-corrected chi connectivity index (χ0v) is 22.2. The van der Waals surface area contributed by atoms with E-state index in [4.69, 9.17) is 13.9 Å². The maximum absolute atomic E-state index is 12.6. The fourth-order valence-electron chi connectivity index (χ4n) is 3.69. The van der Waals surface area contributed by atoms with Crippen molar-refractivity contribution in [2.45, 2.75) is 57.8 Å². The largest absolute Gasteiger partial charge is 0.465 e. The van der Waals surface area contributed by atoms with Gasteiger partial charge in [-0.15, -0.1) is 0 Å². The molecule has 0 atom stereocenters. The van der Waals surface area contributed by atoms with Gasteiger partial charge in [0.15, 0.2) is 8.32 Å². The number of nitrogens with zero attached hydrogens (tertiary/aromatic N) is 3. The summed E-state index contributed by atoms with van der Waals surface area (Å²) in [6, 6.07) is 5.08. The fraction of sp³-hybridized carbons (Fsp3) is 0.520. The van der Waals surface area contributed by atoms with E-state index in [-0.39, 0.29) is 11.1 Å². The molecule has 0 unspecified atom stereocenters. The van der Waals surface area contributed by atoms with Crippen LogP contribution in [0.1, 0.15) is 54.3 Å². The van der Waals surface area contributed by atoms with Crippen LogP contribution in [0.5, 0.6) is 0 Å². The van der Waals surface area contributed by atoms with Gasteiger partial charge in [-0.1, -0.05) is 20.8 Å². The Kier molecular flexibility index (Phi) is 7.77. The molecule has 0 spiro atoms. The molecule has 0 saturated carbocycles. The summed E-state index contributed by atoms with van der Waals surface area (Å²) in [5.41, 5.74) is 2.00. The molecule has 9 heteroatoms. The molecule has 3 rings (SSSR count). The molecule has 2 aromatic rings. The zero-order chi connectivity index (χ0) is 25.1. The Morgan fingerprint density at radius 1 is 1.00 bits per heavy atom. The summed E-state index contributed by atoms with van der Waals surface area (Å²) in [5, 5.41) is 0.169. The molecule has 0 radical (unpaired) electrons. The van der Waals surface area contributed by atoms with Gasteiger partial charge in [-0.3, -0.25) is 4.98 Å². The number of hydrogen-bond donors (Lipinski definition) is 0. The maximum atomic E-state index is 12.6. The Morgan fingerprint density at radius 3 is 2.18 bits per heavy atom. The second-order valence-corrected chi connectivity index (χ2v) is 14.8. The summed E-state index contributed by atoms with van der Waals surface area (Å²) in [4.78, 5) is 35.4. The zero-order valence-electron chi connectivity index (χ0n) is 21.2. The first-order valence-electron chi connectivity index (χ1n) is 11.5. The molecule has 0 bridgehead atoms. The van der Waals surface area contributed by atoms with Gasteiger partial charge >= 0.3 is 11.9 Å². The van der Waals surface area contributed by atoms with Crippen molar-refractivity contribution in [3.8, 4) is 11.3 Å². The first-order valence-corrected chi connectivity index (χ1v) is 14.4. The van der Waals surface area contributed by atoms with Crippen molar-refractivity contribution in [1.82, 2.24) is 9.97 Å². The molecule has 34 heavy (non-hydrogen) atoms. The van der Waals surface area contributed by atoms with Crippen LogP contribution in [0.2, 0.25) is 18.1 Å². The van der Waals surface area contributed by atoms with Crippen molar-refractivity contribution in [3.63, 3.8) is 0 Å². The lowest BCUT2D eigenvalue weighted by atomic mass is 10.1. The lowest BCUT2D eigenvalue weighted by molar-refractivity contribution is 0.0591. The van der Waals surface area contributed by atoms with Gasteiger partial charge in [0.2, 0.25) is 0 Å². The van der Waals surface area contributed by atoms with Crippen molar-refractivity contribution in [2.24, 2.45) is 0 Å². The number of rotatable bonds is 6. The van der Waals surface area contributed by atoms with E-state index in [9.17, 15) is 9.59 Å². The van der Waals surface area contributed by atoms with Crippen LogP contribution in [0.4, 0.5) is 5.82 Å². The number of carbonyl (C=O) groups excluding carboxylic acids is 2. The van der Waals surface area contributed by atoms with Crippen molar-refractivity contribution in [1.29, 1.82) is 0 Å². The normalized spacial score (nSPS) is 15.2. The SMILES string of the molecule is COC(=O)c1ccc(-c2cnc(N3CCC(O[Si](C)(C)C(C)(C)C)CC3)c(C(=O)OC)c2)nc1. The molecular formula is C25H35N3O5Si. The van der Waals surface area contributed by atoms with Crippen LogP contribution < -0.4 is 4.90 Å². The molecule has 1 saturated heterocycles. The van der Waals surface area contributed by atoms with Gasteiger partial charge < -0.3 is 18.8 Å². The van der Waals surface area contributed by atoms with Crippen LogP contribution in [0, 0.1) is 0 Å². The average molecular weight is 486 g/mol. The van der Waals surface area contributed by atoms with E-state index in [1.807, 2.05) is 0 Å². The highest BCUT2D eigenvalue weighted by Crippen LogP contribution is 2.38. The van der Waals surface area contributed by atoms with Crippen molar-refractivity contribution in [3.05, 3.63) is 41.7 Å². The Hall–Kier alpha value is -2.78. The second kappa shape index (κ2) is 10.2. The van der Waals surface area contributed by atoms with Crippen LogP contribution in [0.3, 0.4) is 0 Å². The summed E-state index contributed by atoms with van der Waals surface area (Å²) in [6.45, 7) is 12.8. The quantitative estimate of drug-likeness (QED) is 0.429. The lowest BCUT2D eigenvalue weighted by Crippen LogP contribution is -2.47. The van der Waals surface area contributed by atoms with Gasteiger partial charge in [0.1, 0.15) is 11.4 Å². The van der Waals surface area contributed by atoms with E-state index in [1.54, 1.807) is 24.4 Å². The molecule has 1 aliphatic heterocycles. The van der Waals surface area contributed by atoms with E-state index in [0.29, 0.717) is 28.2 Å². The Morgan fingerprint density at radius 2 is 1.65 bits per heavy atom. The number of aromatic nitrogens is 2. The van der Waals surface area contributed by atoms with Crippen molar-refractivity contribution < 1.29 is 23.5 Å². The van der Waals surface area contributed by atoms with Crippen molar-refractivity contribution >= 4 is 26.1 Å². The molecule has 3 heterocycles. The minimum Gasteiger partial charge on any atom is -0.465 e. The third-order valence-corrected chi connectivity index (χ3v) is 11.3. The minimum atomic E-state index is -1.83. The highest BCUT2D eigenvalue weighted by atomic mass is 28.4. The molecule has 0 aromatic carbocycles. The Balaban J connectivity index is 1.79. The number of pyridine rings is 2. The first kappa shape index (κ1) is 25.8. The van der Waals surface area contributed by atoms with Crippen LogP contribution >= 0.6 is 0 Å². The summed E-state index contributed by atoms with van der Waals surface area (Å²) >= 11 is 0. The molecule has 2 aromatic heterocycles. The van der Waals surface area contributed by atoms with Gasteiger partial charge in [0.25, 0.3) is 0 Å². The predicted octanol–water partition coefficient (Wildman–Crippen LogP) is 4.71. The van der Waals surface area contributed by atoms with E-state index >= 15 is 0 Å². The summed E-state index contributed by atoms with van der Waals surface area (Å²) in [6.07, 6.45) is 5.12. The minimum absolute atomic E-state index is 0.169. The number of ether oxygens (including phenoxy) is 2. The van der Waals surface area contributed by atoms with Gasteiger partial charge in [-0.05, 0) is 49.2 Å². The maximum Gasteiger partial charge on any atom is 0.341 e. The topological polar surface area (TPSA) is 90.8 Å². The Bertz CT molecular complexity index is 1030. The van der Waals surface area contributed by atoms with E-state index in [2.05, 4.69) is 48.7 Å². The van der Waals surface area contributed by atoms with Crippen LogP contribution in [0.15, 0.2) is 30.6 Å². The third-order valence-electron chi connectivity index (χ3n) is 6.76. The highest BCUT2D eigenvalue weighted by molar-refractivity contribution is 6.74.